The number of halogens is 1. The van der Waals surface area contributed by atoms with E-state index in [9.17, 15) is 14.9 Å². The third-order valence-corrected chi connectivity index (χ3v) is 5.45. The Morgan fingerprint density at radius 2 is 1.61 bits per heavy atom. The first-order valence-corrected chi connectivity index (χ1v) is 9.99. The van der Waals surface area contributed by atoms with Gasteiger partial charge in [-0.15, -0.1) is 17.0 Å². The molecule has 0 amide bonds. The van der Waals surface area contributed by atoms with Crippen LogP contribution in [0.2, 0.25) is 0 Å². The molecule has 166 valence electrons. The summed E-state index contributed by atoms with van der Waals surface area (Å²) in [6.45, 7) is 0.429. The lowest BCUT2D eigenvalue weighted by molar-refractivity contribution is -0.384. The first kappa shape index (κ1) is 22.2. The van der Waals surface area contributed by atoms with Crippen molar-refractivity contribution in [3.8, 4) is 0 Å². The van der Waals surface area contributed by atoms with Gasteiger partial charge in [0.1, 0.15) is 5.58 Å². The van der Waals surface area contributed by atoms with Gasteiger partial charge < -0.3 is 13.6 Å². The first-order chi connectivity index (χ1) is 15.5. The second kappa shape index (κ2) is 8.87. The highest BCUT2D eigenvalue weighted by molar-refractivity contribution is 8.93. The second-order valence-corrected chi connectivity index (χ2v) is 7.48. The smallest absolute Gasteiger partial charge is 0.270 e. The fourth-order valence-electron chi connectivity index (χ4n) is 3.88. The molecule has 0 radical (unpaired) electrons. The minimum Gasteiger partial charge on any atom is -0.453 e. The van der Waals surface area contributed by atoms with Crippen LogP contribution in [0.3, 0.4) is 0 Å². The number of Topliss-reactive ketones (excluding diaryl/α,β-unsaturated/α-hetero) is 1. The minimum absolute atomic E-state index is 0. The number of para-hydroxylation sites is 2. The molecule has 5 aromatic rings. The number of imidazole rings is 1. The summed E-state index contributed by atoms with van der Waals surface area (Å²) >= 11 is 0. The number of nitro groups is 1. The van der Waals surface area contributed by atoms with Crippen LogP contribution in [0.5, 0.6) is 0 Å². The lowest BCUT2D eigenvalue weighted by Crippen LogP contribution is -2.27. The van der Waals surface area contributed by atoms with Gasteiger partial charge in [-0.25, -0.2) is 0 Å². The van der Waals surface area contributed by atoms with E-state index in [2.05, 4.69) is 0 Å². The number of non-ortho nitro benzene ring substituents is 1. The summed E-state index contributed by atoms with van der Waals surface area (Å²) < 4.78 is 9.15. The molecule has 0 bridgehead atoms. The Kier molecular flexibility index (Phi) is 5.97. The lowest BCUT2D eigenvalue weighted by Gasteiger charge is -2.04. The molecule has 0 aliphatic heterocycles. The first-order valence-electron chi connectivity index (χ1n) is 9.99. The molecule has 0 unspecified atom stereocenters. The number of nitrogens with zero attached hydrogens (tertiary/aromatic N) is 3. The standard InChI is InChI=1S/C24H18N4O4.BrH/c25-24-26(14-16-6-2-1-3-7-16)19-8-4-5-9-20(19)27(24)15-21(29)23-13-17-12-18(28(30)31)10-11-22(17)32-23;/h1-13,25H,14-15H2;1H. The van der Waals surface area contributed by atoms with Crippen LogP contribution >= 0.6 is 17.0 Å². The summed E-state index contributed by atoms with van der Waals surface area (Å²) in [5.41, 5.74) is 3.22. The van der Waals surface area contributed by atoms with E-state index in [0.29, 0.717) is 17.5 Å². The number of ketones is 1. The van der Waals surface area contributed by atoms with Crippen LogP contribution in [0.1, 0.15) is 16.1 Å². The van der Waals surface area contributed by atoms with Crippen LogP contribution in [0.25, 0.3) is 22.0 Å². The Balaban J connectivity index is 0.00000259. The van der Waals surface area contributed by atoms with Gasteiger partial charge >= 0.3 is 0 Å². The topological polar surface area (TPSA) is 107 Å². The maximum atomic E-state index is 13.0. The third kappa shape index (κ3) is 4.10. The fraction of sp³-hybridized carbons (Fsp3) is 0.0833. The monoisotopic (exact) mass is 506 g/mol. The fourth-order valence-corrected chi connectivity index (χ4v) is 3.88. The molecule has 0 fully saturated rings. The van der Waals surface area contributed by atoms with Gasteiger partial charge in [-0.1, -0.05) is 42.5 Å². The number of fused-ring (bicyclic) bond motifs is 2. The van der Waals surface area contributed by atoms with Crippen LogP contribution < -0.4 is 5.62 Å². The number of carbonyl (C=O) groups excluding carboxylic acids is 1. The molecule has 0 atom stereocenters. The summed E-state index contributed by atoms with van der Waals surface area (Å²) in [7, 11) is 0. The number of rotatable bonds is 6. The largest absolute Gasteiger partial charge is 0.453 e. The quantitative estimate of drug-likeness (QED) is 0.196. The molecule has 5 rings (SSSR count). The zero-order valence-corrected chi connectivity index (χ0v) is 19.0. The molecule has 3 aromatic carbocycles. The average molecular weight is 507 g/mol. The van der Waals surface area contributed by atoms with E-state index in [1.165, 1.54) is 24.3 Å². The maximum absolute atomic E-state index is 13.0. The highest BCUT2D eigenvalue weighted by atomic mass is 79.9. The summed E-state index contributed by atoms with van der Waals surface area (Å²) in [6.07, 6.45) is 0. The molecule has 9 heteroatoms. The summed E-state index contributed by atoms with van der Waals surface area (Å²) in [6, 6.07) is 23.1. The molecule has 33 heavy (non-hydrogen) atoms. The van der Waals surface area contributed by atoms with Crippen molar-refractivity contribution in [1.29, 1.82) is 5.41 Å². The van der Waals surface area contributed by atoms with Gasteiger partial charge in [-0.05, 0) is 29.8 Å². The van der Waals surface area contributed by atoms with E-state index >= 15 is 0 Å². The molecule has 2 heterocycles. The van der Waals surface area contributed by atoms with Gasteiger partial charge in [0, 0.05) is 17.5 Å². The van der Waals surface area contributed by atoms with E-state index < -0.39 is 4.92 Å². The van der Waals surface area contributed by atoms with Crippen LogP contribution in [0.4, 0.5) is 5.69 Å². The highest BCUT2D eigenvalue weighted by Gasteiger charge is 2.18. The van der Waals surface area contributed by atoms with Gasteiger partial charge in [-0.2, -0.15) is 0 Å². The highest BCUT2D eigenvalue weighted by Crippen LogP contribution is 2.25. The molecule has 0 aliphatic carbocycles. The second-order valence-electron chi connectivity index (χ2n) is 7.48. The van der Waals surface area contributed by atoms with Crippen molar-refractivity contribution in [2.45, 2.75) is 13.1 Å². The number of carbonyl (C=O) groups is 1. The van der Waals surface area contributed by atoms with Crippen molar-refractivity contribution in [2.75, 3.05) is 0 Å². The number of furan rings is 1. The van der Waals surface area contributed by atoms with E-state index in [1.807, 2.05) is 59.2 Å². The number of nitrogens with one attached hydrogen (secondary N) is 1. The predicted octanol–water partition coefficient (Wildman–Crippen LogP) is 5.09. The zero-order chi connectivity index (χ0) is 22.2. The van der Waals surface area contributed by atoms with Gasteiger partial charge in [0.25, 0.3) is 5.69 Å². The summed E-state index contributed by atoms with van der Waals surface area (Å²) in [5, 5.41) is 20.2. The van der Waals surface area contributed by atoms with E-state index in [4.69, 9.17) is 9.83 Å². The van der Waals surface area contributed by atoms with Gasteiger partial charge in [0.05, 0.1) is 29.0 Å². The van der Waals surface area contributed by atoms with Gasteiger partial charge in [0.2, 0.25) is 11.4 Å². The Labute approximate surface area is 198 Å². The molecule has 0 saturated heterocycles. The number of aromatic nitrogens is 2. The molecular formula is C24H19BrN4O4. The maximum Gasteiger partial charge on any atom is 0.270 e. The summed E-state index contributed by atoms with van der Waals surface area (Å²) in [4.78, 5) is 23.5. The summed E-state index contributed by atoms with van der Waals surface area (Å²) in [5.74, 6) is -0.211. The molecule has 8 nitrogen and oxygen atoms in total. The molecule has 1 N–H and O–H groups in total. The number of hydrogen-bond donors (Lipinski definition) is 1. The number of nitro benzene ring substituents is 1. The van der Waals surface area contributed by atoms with Gasteiger partial charge in [-0.3, -0.25) is 20.3 Å². The van der Waals surface area contributed by atoms with Crippen molar-refractivity contribution in [2.24, 2.45) is 0 Å². The number of benzene rings is 3. The Hall–Kier alpha value is -3.98. The van der Waals surface area contributed by atoms with Crippen LogP contribution in [-0.4, -0.2) is 19.8 Å². The minimum atomic E-state index is -0.488. The van der Waals surface area contributed by atoms with Crippen molar-refractivity contribution >= 4 is 50.5 Å². The average Bonchev–Trinajstić information content (AvgIpc) is 3.34. The lowest BCUT2D eigenvalue weighted by atomic mass is 10.2. The Morgan fingerprint density at radius 1 is 0.939 bits per heavy atom. The van der Waals surface area contributed by atoms with Crippen LogP contribution in [0, 0.1) is 15.5 Å². The van der Waals surface area contributed by atoms with Crippen molar-refractivity contribution in [3.63, 3.8) is 0 Å². The van der Waals surface area contributed by atoms with Crippen molar-refractivity contribution in [1.82, 2.24) is 9.13 Å². The van der Waals surface area contributed by atoms with Gasteiger partial charge in [0.15, 0.2) is 5.76 Å². The molecule has 2 aromatic heterocycles. The van der Waals surface area contributed by atoms with Crippen molar-refractivity contribution in [3.05, 3.63) is 106 Å². The SMILES string of the molecule is Br.N=c1n(CC(=O)c2cc3cc([N+](=O)[O-])ccc3o2)c2ccccc2n1Cc1ccccc1. The van der Waals surface area contributed by atoms with E-state index in [-0.39, 0.29) is 46.4 Å². The zero-order valence-electron chi connectivity index (χ0n) is 17.3. The normalized spacial score (nSPS) is 10.9. The molecular weight excluding hydrogens is 488 g/mol. The molecule has 0 aliphatic rings. The van der Waals surface area contributed by atoms with E-state index in [1.54, 1.807) is 4.57 Å². The van der Waals surface area contributed by atoms with Crippen LogP contribution in [0.15, 0.2) is 83.3 Å². The van der Waals surface area contributed by atoms with Crippen LogP contribution in [-0.2, 0) is 13.1 Å². The van der Waals surface area contributed by atoms with Crippen molar-refractivity contribution < 1.29 is 14.1 Å². The molecule has 0 saturated carbocycles. The Bertz CT molecular complexity index is 1550. The van der Waals surface area contributed by atoms with E-state index in [0.717, 1.165) is 16.6 Å². The molecule has 0 spiro atoms. The number of hydrogen-bond acceptors (Lipinski definition) is 5. The predicted molar refractivity (Wildman–Crippen MR) is 129 cm³/mol. The third-order valence-electron chi connectivity index (χ3n) is 5.45. The Morgan fingerprint density at radius 3 is 2.30 bits per heavy atom.